The standard InChI is InChI=1S/C14H16ClFN2O2/c1-8(2)18-13(19)6-12(14(18)20)17-7-9-3-4-11(16)10(15)5-9/h3-5,8,12,17H,6-7H2,1-2H3. The summed E-state index contributed by atoms with van der Waals surface area (Å²) in [6.45, 7) is 3.96. The van der Waals surface area contributed by atoms with Gasteiger partial charge in [0.25, 0.3) is 0 Å². The van der Waals surface area contributed by atoms with Crippen LogP contribution in [-0.2, 0) is 16.1 Å². The molecule has 1 heterocycles. The van der Waals surface area contributed by atoms with Gasteiger partial charge in [0.15, 0.2) is 0 Å². The van der Waals surface area contributed by atoms with Crippen molar-refractivity contribution in [3.05, 3.63) is 34.6 Å². The van der Waals surface area contributed by atoms with Crippen LogP contribution < -0.4 is 5.32 Å². The minimum Gasteiger partial charge on any atom is -0.301 e. The first-order valence-corrected chi connectivity index (χ1v) is 6.81. The lowest BCUT2D eigenvalue weighted by atomic mass is 10.2. The Kier molecular flexibility index (Phi) is 4.40. The van der Waals surface area contributed by atoms with Crippen LogP contribution in [0.3, 0.4) is 0 Å². The number of imide groups is 1. The van der Waals surface area contributed by atoms with E-state index in [0.29, 0.717) is 6.54 Å². The van der Waals surface area contributed by atoms with Crippen LogP contribution in [0.1, 0.15) is 25.8 Å². The highest BCUT2D eigenvalue weighted by Crippen LogP contribution is 2.18. The van der Waals surface area contributed by atoms with Gasteiger partial charge in [0.05, 0.1) is 17.5 Å². The molecule has 0 bridgehead atoms. The van der Waals surface area contributed by atoms with Crippen molar-refractivity contribution in [2.75, 3.05) is 0 Å². The lowest BCUT2D eigenvalue weighted by molar-refractivity contribution is -0.140. The fraction of sp³-hybridized carbons (Fsp3) is 0.429. The SMILES string of the molecule is CC(C)N1C(=O)CC(NCc2ccc(F)c(Cl)c2)C1=O. The van der Waals surface area contributed by atoms with E-state index in [1.807, 2.05) is 0 Å². The maximum absolute atomic E-state index is 13.0. The quantitative estimate of drug-likeness (QED) is 0.866. The van der Waals surface area contributed by atoms with E-state index in [9.17, 15) is 14.0 Å². The molecule has 1 aliphatic heterocycles. The van der Waals surface area contributed by atoms with E-state index >= 15 is 0 Å². The summed E-state index contributed by atoms with van der Waals surface area (Å²) in [4.78, 5) is 25.1. The van der Waals surface area contributed by atoms with Gasteiger partial charge < -0.3 is 5.32 Å². The van der Waals surface area contributed by atoms with Crippen molar-refractivity contribution in [2.45, 2.75) is 38.9 Å². The zero-order valence-electron chi connectivity index (χ0n) is 11.3. The lowest BCUT2D eigenvalue weighted by Gasteiger charge is -2.19. The first-order valence-electron chi connectivity index (χ1n) is 6.43. The lowest BCUT2D eigenvalue weighted by Crippen LogP contribution is -2.41. The summed E-state index contributed by atoms with van der Waals surface area (Å²) >= 11 is 5.69. The van der Waals surface area contributed by atoms with E-state index in [0.717, 1.165) is 5.56 Å². The number of rotatable bonds is 4. The summed E-state index contributed by atoms with van der Waals surface area (Å²) in [6, 6.07) is 3.72. The molecule has 108 valence electrons. The van der Waals surface area contributed by atoms with Gasteiger partial charge in [-0.2, -0.15) is 0 Å². The van der Waals surface area contributed by atoms with Crippen LogP contribution in [0, 0.1) is 5.82 Å². The summed E-state index contributed by atoms with van der Waals surface area (Å²) in [5, 5.41) is 3.06. The molecule has 1 aromatic rings. The van der Waals surface area contributed by atoms with E-state index < -0.39 is 11.9 Å². The van der Waals surface area contributed by atoms with Gasteiger partial charge in [-0.1, -0.05) is 17.7 Å². The van der Waals surface area contributed by atoms with Crippen molar-refractivity contribution < 1.29 is 14.0 Å². The van der Waals surface area contributed by atoms with Gasteiger partial charge in [-0.3, -0.25) is 14.5 Å². The van der Waals surface area contributed by atoms with Gasteiger partial charge in [0.1, 0.15) is 5.82 Å². The molecule has 20 heavy (non-hydrogen) atoms. The number of halogens is 2. The van der Waals surface area contributed by atoms with Gasteiger partial charge in [-0.15, -0.1) is 0 Å². The van der Waals surface area contributed by atoms with Crippen LogP contribution in [0.5, 0.6) is 0 Å². The number of hydrogen-bond donors (Lipinski definition) is 1. The van der Waals surface area contributed by atoms with Gasteiger partial charge in [-0.05, 0) is 31.5 Å². The van der Waals surface area contributed by atoms with Crippen LogP contribution in [-0.4, -0.2) is 28.8 Å². The van der Waals surface area contributed by atoms with Gasteiger partial charge in [0, 0.05) is 12.6 Å². The van der Waals surface area contributed by atoms with E-state index in [2.05, 4.69) is 5.32 Å². The normalized spacial score (nSPS) is 19.2. The molecule has 0 aliphatic carbocycles. The summed E-state index contributed by atoms with van der Waals surface area (Å²) in [5.74, 6) is -0.855. The predicted octanol–water partition coefficient (Wildman–Crippen LogP) is 2.10. The molecule has 1 aromatic carbocycles. The highest BCUT2D eigenvalue weighted by molar-refractivity contribution is 6.30. The summed E-state index contributed by atoms with van der Waals surface area (Å²) < 4.78 is 13.0. The third-order valence-electron chi connectivity index (χ3n) is 3.24. The second kappa shape index (κ2) is 5.89. The average molecular weight is 299 g/mol. The van der Waals surface area contributed by atoms with Gasteiger partial charge in [0.2, 0.25) is 11.8 Å². The maximum Gasteiger partial charge on any atom is 0.247 e. The molecule has 1 aliphatic rings. The Hall–Kier alpha value is -1.46. The molecule has 0 radical (unpaired) electrons. The zero-order valence-corrected chi connectivity index (χ0v) is 12.1. The molecule has 1 fully saturated rings. The molecule has 0 spiro atoms. The Bertz CT molecular complexity index is 548. The molecule has 1 N–H and O–H groups in total. The molecular formula is C14H16ClFN2O2. The Morgan fingerprint density at radius 3 is 2.70 bits per heavy atom. The van der Waals surface area contributed by atoms with Crippen molar-refractivity contribution in [3.63, 3.8) is 0 Å². The van der Waals surface area contributed by atoms with Gasteiger partial charge >= 0.3 is 0 Å². The molecule has 0 aromatic heterocycles. The number of carbonyl (C=O) groups is 2. The number of nitrogens with zero attached hydrogens (tertiary/aromatic N) is 1. The van der Waals surface area contributed by atoms with E-state index in [1.54, 1.807) is 19.9 Å². The van der Waals surface area contributed by atoms with Gasteiger partial charge in [-0.25, -0.2) is 4.39 Å². The molecule has 6 heteroatoms. The molecule has 2 rings (SSSR count). The van der Waals surface area contributed by atoms with E-state index in [4.69, 9.17) is 11.6 Å². The molecule has 1 atom stereocenters. The summed E-state index contributed by atoms with van der Waals surface area (Å²) in [6.07, 6.45) is 0.159. The van der Waals surface area contributed by atoms with Crippen molar-refractivity contribution in [3.8, 4) is 0 Å². The van der Waals surface area contributed by atoms with Crippen molar-refractivity contribution in [2.24, 2.45) is 0 Å². The Morgan fingerprint density at radius 2 is 2.15 bits per heavy atom. The molecule has 2 amide bonds. The zero-order chi connectivity index (χ0) is 14.9. The van der Waals surface area contributed by atoms with E-state index in [1.165, 1.54) is 17.0 Å². The van der Waals surface area contributed by atoms with Crippen LogP contribution in [0.2, 0.25) is 5.02 Å². The number of amides is 2. The molecule has 0 saturated carbocycles. The van der Waals surface area contributed by atoms with Crippen LogP contribution in [0.15, 0.2) is 18.2 Å². The summed E-state index contributed by atoms with van der Waals surface area (Å²) in [5.41, 5.74) is 0.764. The van der Waals surface area contributed by atoms with Crippen molar-refractivity contribution in [1.82, 2.24) is 10.2 Å². The second-order valence-corrected chi connectivity index (χ2v) is 5.49. The van der Waals surface area contributed by atoms with Crippen LogP contribution in [0.25, 0.3) is 0 Å². The highest BCUT2D eigenvalue weighted by atomic mass is 35.5. The number of hydrogen-bond acceptors (Lipinski definition) is 3. The molecule has 4 nitrogen and oxygen atoms in total. The fourth-order valence-corrected chi connectivity index (χ4v) is 2.45. The minimum absolute atomic E-state index is 0.0435. The number of carbonyl (C=O) groups excluding carboxylic acids is 2. The highest BCUT2D eigenvalue weighted by Gasteiger charge is 2.39. The molecule has 1 unspecified atom stereocenters. The average Bonchev–Trinajstić information content (AvgIpc) is 2.66. The Labute approximate surface area is 121 Å². The maximum atomic E-state index is 13.0. The first kappa shape index (κ1) is 14.9. The number of nitrogens with one attached hydrogen (secondary N) is 1. The fourth-order valence-electron chi connectivity index (χ4n) is 2.24. The third-order valence-corrected chi connectivity index (χ3v) is 3.53. The summed E-state index contributed by atoms with van der Waals surface area (Å²) in [7, 11) is 0. The first-order chi connectivity index (χ1) is 9.40. The van der Waals surface area contributed by atoms with E-state index in [-0.39, 0.29) is 29.3 Å². The van der Waals surface area contributed by atoms with Crippen molar-refractivity contribution >= 4 is 23.4 Å². The minimum atomic E-state index is -0.520. The van der Waals surface area contributed by atoms with Crippen LogP contribution in [0.4, 0.5) is 4.39 Å². The Balaban J connectivity index is 1.99. The van der Waals surface area contributed by atoms with Crippen LogP contribution >= 0.6 is 11.6 Å². The topological polar surface area (TPSA) is 49.4 Å². The van der Waals surface area contributed by atoms with Crippen molar-refractivity contribution in [1.29, 1.82) is 0 Å². The number of benzene rings is 1. The number of likely N-dealkylation sites (tertiary alicyclic amines) is 1. The molecular weight excluding hydrogens is 283 g/mol. The predicted molar refractivity (Wildman–Crippen MR) is 73.6 cm³/mol. The largest absolute Gasteiger partial charge is 0.301 e. The smallest absolute Gasteiger partial charge is 0.247 e. The second-order valence-electron chi connectivity index (χ2n) is 5.08. The Morgan fingerprint density at radius 1 is 1.45 bits per heavy atom. The third kappa shape index (κ3) is 2.99. The monoisotopic (exact) mass is 298 g/mol. The molecule has 1 saturated heterocycles.